The molecule has 1 fully saturated rings. The fraction of sp³-hybridized carbons (Fsp3) is 0.526. The Bertz CT molecular complexity index is 873. The summed E-state index contributed by atoms with van der Waals surface area (Å²) >= 11 is 6.66. The second-order valence-electron chi connectivity index (χ2n) is 7.09. The number of hydrogen-bond acceptors (Lipinski definition) is 6. The maximum Gasteiger partial charge on any atom is 0.354 e. The minimum atomic E-state index is -0.378. The van der Waals surface area contributed by atoms with Gasteiger partial charge in [0.25, 0.3) is 0 Å². The monoisotopic (exact) mass is 427 g/mol. The smallest absolute Gasteiger partial charge is 0.354 e. The lowest BCUT2D eigenvalue weighted by Crippen LogP contribution is -2.34. The highest BCUT2D eigenvalue weighted by Gasteiger charge is 2.37. The molecule has 1 aromatic carbocycles. The van der Waals surface area contributed by atoms with Gasteiger partial charge in [0.05, 0.1) is 26.4 Å². The van der Waals surface area contributed by atoms with Crippen molar-refractivity contribution in [2.75, 3.05) is 20.3 Å². The van der Waals surface area contributed by atoms with Crippen molar-refractivity contribution in [3.05, 3.63) is 34.0 Å². The van der Waals surface area contributed by atoms with Gasteiger partial charge in [-0.25, -0.2) is 4.79 Å². The van der Waals surface area contributed by atoms with E-state index in [1.807, 2.05) is 30.5 Å². The normalized spacial score (nSPS) is 22.1. The van der Waals surface area contributed by atoms with Crippen molar-refractivity contribution in [2.24, 2.45) is 0 Å². The molecule has 0 amide bonds. The van der Waals surface area contributed by atoms with E-state index in [4.69, 9.17) is 20.9 Å². The number of hydrogen-bond donors (Lipinski definition) is 3. The van der Waals surface area contributed by atoms with E-state index >= 15 is 0 Å². The summed E-state index contributed by atoms with van der Waals surface area (Å²) in [5.74, 6) is -0.423. The number of aliphatic hydroxyl groups is 1. The van der Waals surface area contributed by atoms with Crippen LogP contribution in [0.25, 0.3) is 10.9 Å². The minimum Gasteiger partial charge on any atom is -0.464 e. The Morgan fingerprint density at radius 2 is 2.14 bits per heavy atom. The SMILES string of the molecule is COC(=O)c1c(C)c2c(C3C(C)NNC3CO)c(Cl)ccc2n1CCCOP. The highest BCUT2D eigenvalue weighted by molar-refractivity contribution is 7.09. The fourth-order valence-electron chi connectivity index (χ4n) is 4.24. The Kier molecular flexibility index (Phi) is 6.97. The number of nitrogens with one attached hydrogen (secondary N) is 2. The number of rotatable bonds is 7. The number of benzene rings is 1. The first-order valence-corrected chi connectivity index (χ1v) is 10.1. The van der Waals surface area contributed by atoms with Gasteiger partial charge in [-0.05, 0) is 43.5 Å². The van der Waals surface area contributed by atoms with Gasteiger partial charge in [-0.3, -0.25) is 10.9 Å². The third kappa shape index (κ3) is 3.67. The molecule has 1 aliphatic heterocycles. The molecule has 0 spiro atoms. The third-order valence-electron chi connectivity index (χ3n) is 5.48. The van der Waals surface area contributed by atoms with Gasteiger partial charge in [-0.2, -0.15) is 0 Å². The van der Waals surface area contributed by atoms with E-state index in [1.54, 1.807) is 0 Å². The van der Waals surface area contributed by atoms with Gasteiger partial charge in [0.2, 0.25) is 0 Å². The lowest BCUT2D eigenvalue weighted by molar-refractivity contribution is 0.0587. The van der Waals surface area contributed by atoms with E-state index in [1.165, 1.54) is 7.11 Å². The molecule has 7 nitrogen and oxygen atoms in total. The summed E-state index contributed by atoms with van der Waals surface area (Å²) in [4.78, 5) is 12.6. The number of fused-ring (bicyclic) bond motifs is 1. The van der Waals surface area contributed by atoms with Gasteiger partial charge in [0.1, 0.15) is 5.69 Å². The maximum atomic E-state index is 12.6. The van der Waals surface area contributed by atoms with Crippen molar-refractivity contribution in [3.8, 4) is 0 Å². The molecule has 0 aliphatic carbocycles. The molecule has 2 aromatic rings. The fourth-order valence-corrected chi connectivity index (χ4v) is 4.69. The van der Waals surface area contributed by atoms with Gasteiger partial charge in [-0.15, -0.1) is 0 Å². The topological polar surface area (TPSA) is 84.8 Å². The molecule has 4 atom stereocenters. The third-order valence-corrected chi connectivity index (χ3v) is 6.05. The molecule has 28 heavy (non-hydrogen) atoms. The minimum absolute atomic E-state index is 0.0240. The summed E-state index contributed by atoms with van der Waals surface area (Å²) in [5, 5.41) is 11.4. The highest BCUT2D eigenvalue weighted by Crippen LogP contribution is 2.41. The summed E-state index contributed by atoms with van der Waals surface area (Å²) < 4.78 is 12.1. The molecular formula is C19H27ClN3O4P. The summed E-state index contributed by atoms with van der Waals surface area (Å²) in [6.45, 7) is 5.12. The van der Waals surface area contributed by atoms with E-state index < -0.39 is 0 Å². The molecule has 2 heterocycles. The summed E-state index contributed by atoms with van der Waals surface area (Å²) in [6, 6.07) is 3.70. The Morgan fingerprint density at radius 3 is 2.79 bits per heavy atom. The molecule has 0 radical (unpaired) electrons. The molecular weight excluding hydrogens is 401 g/mol. The van der Waals surface area contributed by atoms with Crippen molar-refractivity contribution in [3.63, 3.8) is 0 Å². The number of esters is 1. The van der Waals surface area contributed by atoms with Crippen molar-refractivity contribution in [1.82, 2.24) is 15.4 Å². The summed E-state index contributed by atoms with van der Waals surface area (Å²) in [5.41, 5.74) is 9.55. The lowest BCUT2D eigenvalue weighted by Gasteiger charge is -2.22. The van der Waals surface area contributed by atoms with E-state index in [9.17, 15) is 9.90 Å². The molecule has 1 aliphatic rings. The van der Waals surface area contributed by atoms with Gasteiger partial charge >= 0.3 is 5.97 Å². The molecule has 4 unspecified atom stereocenters. The number of aliphatic hydroxyl groups excluding tert-OH is 1. The second-order valence-corrected chi connectivity index (χ2v) is 7.83. The molecule has 1 saturated heterocycles. The van der Waals surface area contributed by atoms with Crippen LogP contribution in [-0.4, -0.2) is 48.1 Å². The van der Waals surface area contributed by atoms with Gasteiger partial charge in [-0.1, -0.05) is 11.6 Å². The van der Waals surface area contributed by atoms with Gasteiger partial charge in [0, 0.05) is 43.9 Å². The highest BCUT2D eigenvalue weighted by atomic mass is 35.5. The largest absolute Gasteiger partial charge is 0.464 e. The Balaban J connectivity index is 2.26. The number of aryl methyl sites for hydroxylation is 2. The van der Waals surface area contributed by atoms with Gasteiger partial charge < -0.3 is 18.9 Å². The number of nitrogens with zero attached hydrogens (tertiary/aromatic N) is 1. The van der Waals surface area contributed by atoms with Crippen LogP contribution >= 0.6 is 21.1 Å². The molecule has 1 aromatic heterocycles. The number of carbonyl (C=O) groups excluding carboxylic acids is 1. The van der Waals surface area contributed by atoms with Crippen LogP contribution in [0.15, 0.2) is 12.1 Å². The zero-order valence-corrected chi connectivity index (χ0v) is 18.2. The maximum absolute atomic E-state index is 12.6. The number of halogens is 1. The van der Waals surface area contributed by atoms with Crippen molar-refractivity contribution in [2.45, 2.75) is 44.8 Å². The number of aromatic nitrogens is 1. The Morgan fingerprint density at radius 1 is 1.39 bits per heavy atom. The van der Waals surface area contributed by atoms with E-state index in [2.05, 4.69) is 20.3 Å². The van der Waals surface area contributed by atoms with Crippen LogP contribution in [0.5, 0.6) is 0 Å². The number of methoxy groups -OCH3 is 1. The predicted molar refractivity (Wildman–Crippen MR) is 113 cm³/mol. The summed E-state index contributed by atoms with van der Waals surface area (Å²) in [7, 11) is 3.63. The first-order valence-electron chi connectivity index (χ1n) is 9.29. The zero-order valence-electron chi connectivity index (χ0n) is 16.3. The summed E-state index contributed by atoms with van der Waals surface area (Å²) in [6.07, 6.45) is 0.747. The molecule has 154 valence electrons. The average Bonchev–Trinajstić information content (AvgIpc) is 3.19. The predicted octanol–water partition coefficient (Wildman–Crippen LogP) is 2.53. The zero-order chi connectivity index (χ0) is 20.4. The quantitative estimate of drug-likeness (QED) is 0.358. The van der Waals surface area contributed by atoms with E-state index in [-0.39, 0.29) is 30.6 Å². The number of hydrazine groups is 1. The standard InChI is InChI=1S/C19H27ClN3O4P/c1-10-15-14(23(7-4-8-27-28)18(10)19(25)26-3)6-5-12(20)17(15)16-11(2)21-22-13(16)9-24/h5-6,11,13,16,21-22,24H,4,7-9,28H2,1-3H3. The number of carbonyl (C=O) groups is 1. The van der Waals surface area contributed by atoms with E-state index in [0.29, 0.717) is 23.9 Å². The van der Waals surface area contributed by atoms with Crippen molar-refractivity contribution >= 4 is 37.9 Å². The van der Waals surface area contributed by atoms with Crippen LogP contribution in [0.2, 0.25) is 5.02 Å². The van der Waals surface area contributed by atoms with Crippen LogP contribution in [0.4, 0.5) is 0 Å². The molecule has 0 bridgehead atoms. The molecule has 3 rings (SSSR count). The van der Waals surface area contributed by atoms with Crippen LogP contribution in [0, 0.1) is 6.92 Å². The Labute approximate surface area is 172 Å². The number of ether oxygens (including phenoxy) is 1. The van der Waals surface area contributed by atoms with Crippen molar-refractivity contribution < 1.29 is 19.2 Å². The molecule has 9 heteroatoms. The van der Waals surface area contributed by atoms with Crippen LogP contribution in [-0.2, 0) is 15.8 Å². The van der Waals surface area contributed by atoms with E-state index in [0.717, 1.165) is 28.5 Å². The van der Waals surface area contributed by atoms with Gasteiger partial charge in [0.15, 0.2) is 0 Å². The van der Waals surface area contributed by atoms with Crippen LogP contribution < -0.4 is 10.9 Å². The van der Waals surface area contributed by atoms with Crippen molar-refractivity contribution in [1.29, 1.82) is 0 Å². The average molecular weight is 428 g/mol. The first-order chi connectivity index (χ1) is 13.5. The molecule has 0 saturated carbocycles. The van der Waals surface area contributed by atoms with Crippen LogP contribution in [0.1, 0.15) is 40.9 Å². The molecule has 3 N–H and O–H groups in total. The van der Waals surface area contributed by atoms with Crippen LogP contribution in [0.3, 0.4) is 0 Å². The lowest BCUT2D eigenvalue weighted by atomic mass is 9.85. The Hall–Kier alpha value is -1.21. The first kappa shape index (κ1) is 21.5. The second kappa shape index (κ2) is 9.08.